The lowest BCUT2D eigenvalue weighted by Crippen LogP contribution is -2.39. The lowest BCUT2D eigenvalue weighted by atomic mass is 9.93. The van der Waals surface area contributed by atoms with E-state index in [4.69, 9.17) is 18.9 Å². The minimum absolute atomic E-state index is 0.490. The first-order valence-electron chi connectivity index (χ1n) is 5.52. The third-order valence-electron chi connectivity index (χ3n) is 2.82. The molecule has 0 aliphatic heterocycles. The monoisotopic (exact) mass is 256 g/mol. The minimum Gasteiger partial charge on any atom is -0.496 e. The number of methoxy groups -OCH3 is 4. The first-order chi connectivity index (χ1) is 8.52. The van der Waals surface area contributed by atoms with Gasteiger partial charge < -0.3 is 24.1 Å². The number of hydrogen-bond donors (Lipinski definition) is 1. The zero-order valence-electron chi connectivity index (χ0n) is 11.4. The first kappa shape index (κ1) is 14.8. The molecule has 0 saturated heterocycles. The van der Waals surface area contributed by atoms with Gasteiger partial charge in [-0.15, -0.1) is 0 Å². The molecule has 0 aliphatic carbocycles. The molecule has 0 fully saturated rings. The second-order valence-electron chi connectivity index (χ2n) is 3.99. The van der Waals surface area contributed by atoms with Crippen molar-refractivity contribution >= 4 is 0 Å². The van der Waals surface area contributed by atoms with Crippen LogP contribution in [0, 0.1) is 0 Å². The van der Waals surface area contributed by atoms with E-state index in [9.17, 15) is 5.11 Å². The number of aliphatic hydroxyl groups is 1. The van der Waals surface area contributed by atoms with E-state index in [0.717, 1.165) is 0 Å². The summed E-state index contributed by atoms with van der Waals surface area (Å²) in [5, 5.41) is 10.7. The highest BCUT2D eigenvalue weighted by molar-refractivity contribution is 5.48. The largest absolute Gasteiger partial charge is 0.496 e. The molecule has 102 valence electrons. The average molecular weight is 256 g/mol. The van der Waals surface area contributed by atoms with Crippen molar-refractivity contribution in [2.24, 2.45) is 0 Å². The Bertz CT molecular complexity index is 363. The predicted molar refractivity (Wildman–Crippen MR) is 66.9 cm³/mol. The molecule has 0 radical (unpaired) electrons. The molecule has 0 spiro atoms. The highest BCUT2D eigenvalue weighted by Crippen LogP contribution is 2.40. The van der Waals surface area contributed by atoms with E-state index in [-0.39, 0.29) is 0 Å². The summed E-state index contributed by atoms with van der Waals surface area (Å²) < 4.78 is 20.8. The molecule has 0 amide bonds. The summed E-state index contributed by atoms with van der Waals surface area (Å²) in [4.78, 5) is 0. The zero-order chi connectivity index (χ0) is 13.8. The van der Waals surface area contributed by atoms with Gasteiger partial charge in [0.25, 0.3) is 0 Å². The summed E-state index contributed by atoms with van der Waals surface area (Å²) in [6.07, 6.45) is -0.831. The summed E-state index contributed by atoms with van der Waals surface area (Å²) in [6.45, 7) is 1.59. The van der Waals surface area contributed by atoms with Crippen molar-refractivity contribution in [2.75, 3.05) is 28.4 Å². The predicted octanol–water partition coefficient (Wildman–Crippen LogP) is 1.53. The molecule has 0 unspecified atom stereocenters. The van der Waals surface area contributed by atoms with Crippen molar-refractivity contribution in [1.82, 2.24) is 0 Å². The molecular weight excluding hydrogens is 236 g/mol. The summed E-state index contributed by atoms with van der Waals surface area (Å²) in [6, 6.07) is 5.27. The normalized spacial score (nSPS) is 14.4. The zero-order valence-corrected chi connectivity index (χ0v) is 11.4. The van der Waals surface area contributed by atoms with Crippen LogP contribution < -0.4 is 9.47 Å². The molecule has 0 aliphatic rings. The van der Waals surface area contributed by atoms with E-state index < -0.39 is 11.9 Å². The Hall–Kier alpha value is -1.30. The van der Waals surface area contributed by atoms with Crippen LogP contribution in [-0.4, -0.2) is 39.8 Å². The van der Waals surface area contributed by atoms with Crippen molar-refractivity contribution < 1.29 is 24.1 Å². The highest BCUT2D eigenvalue weighted by Gasteiger charge is 2.39. The minimum atomic E-state index is -1.40. The van der Waals surface area contributed by atoms with E-state index in [1.54, 1.807) is 25.1 Å². The van der Waals surface area contributed by atoms with Gasteiger partial charge in [-0.2, -0.15) is 0 Å². The van der Waals surface area contributed by atoms with Gasteiger partial charge in [0.05, 0.1) is 19.8 Å². The molecule has 0 bridgehead atoms. The maximum atomic E-state index is 10.7. The summed E-state index contributed by atoms with van der Waals surface area (Å²) in [5.74, 6) is 1.02. The van der Waals surface area contributed by atoms with Crippen molar-refractivity contribution in [1.29, 1.82) is 0 Å². The van der Waals surface area contributed by atoms with Gasteiger partial charge in [0.1, 0.15) is 17.1 Å². The number of rotatable bonds is 6. The van der Waals surface area contributed by atoms with Crippen molar-refractivity contribution in [3.63, 3.8) is 0 Å². The van der Waals surface area contributed by atoms with Gasteiger partial charge >= 0.3 is 0 Å². The second kappa shape index (κ2) is 6.04. The van der Waals surface area contributed by atoms with Gasteiger partial charge in [-0.05, 0) is 19.1 Å². The second-order valence-corrected chi connectivity index (χ2v) is 3.99. The Morgan fingerprint density at radius 3 is 1.78 bits per heavy atom. The SMILES string of the molecule is COc1cccc(OC)c1[C@@](C)(O)C(OC)OC. The van der Waals surface area contributed by atoms with Crippen LogP contribution in [0.15, 0.2) is 18.2 Å². The fourth-order valence-electron chi connectivity index (χ4n) is 2.02. The molecule has 0 aromatic heterocycles. The van der Waals surface area contributed by atoms with Gasteiger partial charge in [-0.3, -0.25) is 0 Å². The Labute approximate surface area is 107 Å². The van der Waals surface area contributed by atoms with Crippen LogP contribution in [0.25, 0.3) is 0 Å². The van der Waals surface area contributed by atoms with Gasteiger partial charge in [0.15, 0.2) is 6.29 Å². The topological polar surface area (TPSA) is 57.2 Å². The molecule has 1 N–H and O–H groups in total. The van der Waals surface area contributed by atoms with Gasteiger partial charge in [0.2, 0.25) is 0 Å². The molecule has 1 atom stereocenters. The molecule has 5 nitrogen and oxygen atoms in total. The molecule has 1 rings (SSSR count). The van der Waals surface area contributed by atoms with Crippen molar-refractivity contribution in [3.8, 4) is 11.5 Å². The maximum Gasteiger partial charge on any atom is 0.189 e. The molecule has 1 aromatic carbocycles. The highest BCUT2D eigenvalue weighted by atomic mass is 16.7. The lowest BCUT2D eigenvalue weighted by Gasteiger charge is -2.32. The quantitative estimate of drug-likeness (QED) is 0.782. The summed E-state index contributed by atoms with van der Waals surface area (Å²) in [5.41, 5.74) is -0.912. The molecular formula is C13H20O5. The fourth-order valence-corrected chi connectivity index (χ4v) is 2.02. The summed E-state index contributed by atoms with van der Waals surface area (Å²) in [7, 11) is 5.99. The Kier molecular flexibility index (Phi) is 4.95. The molecule has 1 aromatic rings. The lowest BCUT2D eigenvalue weighted by molar-refractivity contribution is -0.213. The van der Waals surface area contributed by atoms with E-state index in [0.29, 0.717) is 17.1 Å². The van der Waals surface area contributed by atoms with Gasteiger partial charge in [-0.1, -0.05) is 6.07 Å². The van der Waals surface area contributed by atoms with E-state index in [1.165, 1.54) is 28.4 Å². The van der Waals surface area contributed by atoms with Crippen LogP contribution in [-0.2, 0) is 15.1 Å². The van der Waals surface area contributed by atoms with Crippen LogP contribution in [0.2, 0.25) is 0 Å². The molecule has 0 heterocycles. The first-order valence-corrected chi connectivity index (χ1v) is 5.52. The van der Waals surface area contributed by atoms with Gasteiger partial charge in [-0.25, -0.2) is 0 Å². The standard InChI is InChI=1S/C13H20O5/c1-13(14,12(17-4)18-5)11-9(15-2)7-6-8-10(11)16-3/h6-8,12,14H,1-5H3/t13-/m1/s1. The number of hydrogen-bond acceptors (Lipinski definition) is 5. The van der Waals surface area contributed by atoms with E-state index in [2.05, 4.69) is 0 Å². The number of benzene rings is 1. The Morgan fingerprint density at radius 1 is 1.00 bits per heavy atom. The van der Waals surface area contributed by atoms with Crippen molar-refractivity contribution in [3.05, 3.63) is 23.8 Å². The van der Waals surface area contributed by atoms with Crippen LogP contribution in [0.1, 0.15) is 12.5 Å². The van der Waals surface area contributed by atoms with Crippen molar-refractivity contribution in [2.45, 2.75) is 18.8 Å². The maximum absolute atomic E-state index is 10.7. The smallest absolute Gasteiger partial charge is 0.189 e. The molecule has 5 heteroatoms. The molecule has 18 heavy (non-hydrogen) atoms. The number of ether oxygens (including phenoxy) is 4. The van der Waals surface area contributed by atoms with E-state index >= 15 is 0 Å². The van der Waals surface area contributed by atoms with Crippen LogP contribution in [0.5, 0.6) is 11.5 Å². The Morgan fingerprint density at radius 2 is 1.44 bits per heavy atom. The van der Waals surface area contributed by atoms with Gasteiger partial charge in [0, 0.05) is 14.2 Å². The van der Waals surface area contributed by atoms with E-state index in [1.807, 2.05) is 0 Å². The molecule has 0 saturated carbocycles. The third-order valence-corrected chi connectivity index (χ3v) is 2.82. The Balaban J connectivity index is 3.36. The fraction of sp³-hybridized carbons (Fsp3) is 0.538. The average Bonchev–Trinajstić information content (AvgIpc) is 2.38. The summed E-state index contributed by atoms with van der Waals surface area (Å²) >= 11 is 0. The van der Waals surface area contributed by atoms with Crippen LogP contribution >= 0.6 is 0 Å². The van der Waals surface area contributed by atoms with Crippen LogP contribution in [0.4, 0.5) is 0 Å². The third kappa shape index (κ3) is 2.58. The van der Waals surface area contributed by atoms with Crippen LogP contribution in [0.3, 0.4) is 0 Å².